The summed E-state index contributed by atoms with van der Waals surface area (Å²) in [7, 11) is 0. The molecular weight excluding hydrogens is 215 g/mol. The van der Waals surface area contributed by atoms with Crippen molar-refractivity contribution < 1.29 is 4.39 Å². The highest BCUT2D eigenvalue weighted by atomic mass is 19.1. The maximum Gasteiger partial charge on any atom is 0.123 e. The van der Waals surface area contributed by atoms with Gasteiger partial charge in [-0.05, 0) is 56.4 Å². The average Bonchev–Trinajstić information content (AvgIpc) is 3.06. The van der Waals surface area contributed by atoms with Crippen LogP contribution in [0.5, 0.6) is 0 Å². The number of nitrogens with two attached hydrogens (primary N) is 1. The quantitative estimate of drug-likeness (QED) is 0.796. The number of halogens is 1. The summed E-state index contributed by atoms with van der Waals surface area (Å²) in [6.07, 6.45) is 2.67. The van der Waals surface area contributed by atoms with E-state index in [0.29, 0.717) is 11.7 Å². The molecule has 1 aliphatic carbocycles. The van der Waals surface area contributed by atoms with Gasteiger partial charge >= 0.3 is 0 Å². The number of anilines is 1. The Hall–Kier alpha value is -1.09. The number of hydrogen-bond donors (Lipinski definition) is 1. The van der Waals surface area contributed by atoms with E-state index in [1.807, 2.05) is 0 Å². The van der Waals surface area contributed by atoms with Crippen LogP contribution in [-0.2, 0) is 6.54 Å². The molecule has 0 amide bonds. The highest BCUT2D eigenvalue weighted by Gasteiger charge is 2.25. The van der Waals surface area contributed by atoms with E-state index in [1.54, 1.807) is 12.1 Å². The van der Waals surface area contributed by atoms with Crippen molar-refractivity contribution in [2.75, 3.05) is 12.3 Å². The predicted octanol–water partition coefficient (Wildman–Crippen LogP) is 3.03. The molecule has 0 atom stereocenters. The second-order valence-electron chi connectivity index (χ2n) is 5.31. The van der Waals surface area contributed by atoms with Crippen LogP contribution >= 0.6 is 0 Å². The molecule has 0 radical (unpaired) electrons. The van der Waals surface area contributed by atoms with Crippen LogP contribution in [0.4, 0.5) is 10.1 Å². The molecule has 1 aromatic carbocycles. The van der Waals surface area contributed by atoms with Gasteiger partial charge in [-0.1, -0.05) is 0 Å². The van der Waals surface area contributed by atoms with Crippen molar-refractivity contribution in [3.05, 3.63) is 29.6 Å². The van der Waals surface area contributed by atoms with Crippen LogP contribution in [0.1, 0.15) is 32.3 Å². The molecule has 1 aromatic rings. The van der Waals surface area contributed by atoms with Gasteiger partial charge in [-0.3, -0.25) is 4.90 Å². The monoisotopic (exact) mass is 236 g/mol. The second-order valence-corrected chi connectivity index (χ2v) is 5.31. The van der Waals surface area contributed by atoms with Crippen molar-refractivity contribution in [1.82, 2.24) is 4.90 Å². The van der Waals surface area contributed by atoms with Gasteiger partial charge in [0.2, 0.25) is 0 Å². The Kier molecular flexibility index (Phi) is 3.67. The zero-order valence-corrected chi connectivity index (χ0v) is 10.6. The van der Waals surface area contributed by atoms with Crippen molar-refractivity contribution in [2.45, 2.75) is 39.3 Å². The summed E-state index contributed by atoms with van der Waals surface area (Å²) in [5.74, 6) is 0.636. The maximum absolute atomic E-state index is 13.2. The Morgan fingerprint density at radius 1 is 1.41 bits per heavy atom. The van der Waals surface area contributed by atoms with Crippen LogP contribution in [-0.4, -0.2) is 17.5 Å². The van der Waals surface area contributed by atoms with Gasteiger partial charge in [-0.15, -0.1) is 0 Å². The fraction of sp³-hybridized carbons (Fsp3) is 0.571. The van der Waals surface area contributed by atoms with Gasteiger partial charge < -0.3 is 5.73 Å². The van der Waals surface area contributed by atoms with E-state index < -0.39 is 0 Å². The van der Waals surface area contributed by atoms with Gasteiger partial charge in [0.1, 0.15) is 5.82 Å². The third-order valence-corrected chi connectivity index (χ3v) is 3.40. The van der Waals surface area contributed by atoms with Crippen LogP contribution in [0.15, 0.2) is 18.2 Å². The summed E-state index contributed by atoms with van der Waals surface area (Å²) < 4.78 is 13.2. The first kappa shape index (κ1) is 12.4. The van der Waals surface area contributed by atoms with Crippen LogP contribution in [0.2, 0.25) is 0 Å². The smallest absolute Gasteiger partial charge is 0.123 e. The molecule has 2 rings (SSSR count). The normalized spacial score (nSPS) is 15.8. The topological polar surface area (TPSA) is 29.3 Å². The highest BCUT2D eigenvalue weighted by Crippen LogP contribution is 2.31. The van der Waals surface area contributed by atoms with Gasteiger partial charge in [-0.25, -0.2) is 4.39 Å². The second kappa shape index (κ2) is 5.05. The zero-order chi connectivity index (χ0) is 12.4. The van der Waals surface area contributed by atoms with Crippen molar-refractivity contribution >= 4 is 5.69 Å². The van der Waals surface area contributed by atoms with Crippen molar-refractivity contribution in [3.63, 3.8) is 0 Å². The Morgan fingerprint density at radius 2 is 2.12 bits per heavy atom. The molecule has 0 saturated heterocycles. The van der Waals surface area contributed by atoms with E-state index >= 15 is 0 Å². The summed E-state index contributed by atoms with van der Waals surface area (Å²) in [5, 5.41) is 0. The molecular formula is C14H21FN2. The summed E-state index contributed by atoms with van der Waals surface area (Å²) in [5.41, 5.74) is 7.48. The van der Waals surface area contributed by atoms with E-state index in [2.05, 4.69) is 18.7 Å². The Balaban J connectivity index is 2.07. The molecule has 3 heteroatoms. The van der Waals surface area contributed by atoms with Crippen LogP contribution < -0.4 is 5.73 Å². The largest absolute Gasteiger partial charge is 0.398 e. The molecule has 0 aromatic heterocycles. The molecule has 0 spiro atoms. The molecule has 17 heavy (non-hydrogen) atoms. The number of nitrogens with zero attached hydrogens (tertiary/aromatic N) is 1. The molecule has 2 N–H and O–H groups in total. The van der Waals surface area contributed by atoms with Gasteiger partial charge in [0.25, 0.3) is 0 Å². The molecule has 94 valence electrons. The van der Waals surface area contributed by atoms with Crippen molar-refractivity contribution in [3.8, 4) is 0 Å². The molecule has 1 saturated carbocycles. The zero-order valence-electron chi connectivity index (χ0n) is 10.6. The lowest BCUT2D eigenvalue weighted by molar-refractivity contribution is 0.204. The average molecular weight is 236 g/mol. The minimum absolute atomic E-state index is 0.204. The van der Waals surface area contributed by atoms with Gasteiger partial charge in [0.05, 0.1) is 0 Å². The van der Waals surface area contributed by atoms with E-state index in [-0.39, 0.29) is 5.82 Å². The fourth-order valence-electron chi connectivity index (χ4n) is 2.02. The van der Waals surface area contributed by atoms with Crippen molar-refractivity contribution in [1.29, 1.82) is 0 Å². The number of rotatable bonds is 5. The standard InChI is InChI=1S/C14H21FN2/c1-10(2)17(8-11-3-4-11)9-12-7-13(15)5-6-14(12)16/h5-7,10-11H,3-4,8-9,16H2,1-2H3. The Morgan fingerprint density at radius 3 is 2.71 bits per heavy atom. The first-order valence-corrected chi connectivity index (χ1v) is 6.34. The number of benzene rings is 1. The van der Waals surface area contributed by atoms with E-state index in [0.717, 1.165) is 24.6 Å². The lowest BCUT2D eigenvalue weighted by atomic mass is 10.1. The first-order valence-electron chi connectivity index (χ1n) is 6.34. The van der Waals surface area contributed by atoms with Crippen LogP contribution in [0.25, 0.3) is 0 Å². The first-order chi connectivity index (χ1) is 8.06. The molecule has 1 fully saturated rings. The highest BCUT2D eigenvalue weighted by molar-refractivity contribution is 5.46. The lowest BCUT2D eigenvalue weighted by Gasteiger charge is -2.27. The summed E-state index contributed by atoms with van der Waals surface area (Å²) in [6, 6.07) is 5.09. The van der Waals surface area contributed by atoms with E-state index in [9.17, 15) is 4.39 Å². The van der Waals surface area contributed by atoms with Crippen molar-refractivity contribution in [2.24, 2.45) is 5.92 Å². The number of hydrogen-bond acceptors (Lipinski definition) is 2. The summed E-state index contributed by atoms with van der Waals surface area (Å²) in [6.45, 7) is 6.21. The molecule has 1 aliphatic rings. The maximum atomic E-state index is 13.2. The SMILES string of the molecule is CC(C)N(Cc1cc(F)ccc1N)CC1CC1. The molecule has 0 aliphatic heterocycles. The lowest BCUT2D eigenvalue weighted by Crippen LogP contribution is -2.32. The molecule has 0 heterocycles. The summed E-state index contributed by atoms with van der Waals surface area (Å²) >= 11 is 0. The van der Waals surface area contributed by atoms with E-state index in [1.165, 1.54) is 18.9 Å². The predicted molar refractivity (Wildman–Crippen MR) is 69.1 cm³/mol. The van der Waals surface area contributed by atoms with Crippen LogP contribution in [0.3, 0.4) is 0 Å². The summed E-state index contributed by atoms with van der Waals surface area (Å²) in [4.78, 5) is 2.38. The van der Waals surface area contributed by atoms with Gasteiger partial charge in [-0.2, -0.15) is 0 Å². The number of nitrogen functional groups attached to an aromatic ring is 1. The molecule has 2 nitrogen and oxygen atoms in total. The minimum atomic E-state index is -0.204. The Bertz CT molecular complexity index is 386. The minimum Gasteiger partial charge on any atom is -0.398 e. The Labute approximate surface area is 103 Å². The third-order valence-electron chi connectivity index (χ3n) is 3.40. The van der Waals surface area contributed by atoms with E-state index in [4.69, 9.17) is 5.73 Å². The van der Waals surface area contributed by atoms with Gasteiger partial charge in [0, 0.05) is 24.8 Å². The molecule has 0 unspecified atom stereocenters. The fourth-order valence-corrected chi connectivity index (χ4v) is 2.02. The third kappa shape index (κ3) is 3.43. The van der Waals surface area contributed by atoms with Crippen LogP contribution in [0, 0.1) is 11.7 Å². The molecule has 0 bridgehead atoms. The van der Waals surface area contributed by atoms with Gasteiger partial charge in [0.15, 0.2) is 0 Å².